The van der Waals surface area contributed by atoms with Crippen LogP contribution in [-0.4, -0.2) is 17.1 Å². The topological polar surface area (TPSA) is 63.3 Å². The van der Waals surface area contributed by atoms with Gasteiger partial charge in [-0.05, 0) is 24.2 Å². The molecule has 0 aromatic heterocycles. The van der Waals surface area contributed by atoms with Crippen molar-refractivity contribution in [1.29, 1.82) is 0 Å². The Balaban J connectivity index is 2.29. The first-order chi connectivity index (χ1) is 4.93. The van der Waals surface area contributed by atoms with Gasteiger partial charge in [-0.25, -0.2) is 0 Å². The van der Waals surface area contributed by atoms with Crippen molar-refractivity contribution in [3.05, 3.63) is 0 Å². The van der Waals surface area contributed by atoms with E-state index in [1.165, 1.54) is 0 Å². The third-order valence-electron chi connectivity index (χ3n) is 2.57. The van der Waals surface area contributed by atoms with Crippen LogP contribution in [0.2, 0.25) is 0 Å². The maximum Gasteiger partial charge on any atom is 0.320 e. The van der Waals surface area contributed by atoms with Crippen molar-refractivity contribution < 1.29 is 9.90 Å². The number of aliphatic carboxylic acids is 1. The molecule has 2 unspecified atom stereocenters. The number of nitrogens with two attached hydrogens (primary N) is 1. The predicted molar refractivity (Wildman–Crippen MR) is 42.1 cm³/mol. The van der Waals surface area contributed by atoms with Crippen LogP contribution in [0.15, 0.2) is 0 Å². The molecule has 1 rings (SSSR count). The summed E-state index contributed by atoms with van der Waals surface area (Å²) in [5, 5.41) is 8.50. The van der Waals surface area contributed by atoms with Gasteiger partial charge >= 0.3 is 5.97 Å². The van der Waals surface area contributed by atoms with Gasteiger partial charge in [0.1, 0.15) is 6.04 Å². The second kappa shape index (κ2) is 2.48. The molecule has 0 spiro atoms. The molecule has 11 heavy (non-hydrogen) atoms. The van der Waals surface area contributed by atoms with E-state index in [2.05, 4.69) is 13.8 Å². The van der Waals surface area contributed by atoms with Crippen molar-refractivity contribution in [2.24, 2.45) is 17.1 Å². The summed E-state index contributed by atoms with van der Waals surface area (Å²) in [6.45, 7) is 4.29. The lowest BCUT2D eigenvalue weighted by molar-refractivity contribution is -0.138. The van der Waals surface area contributed by atoms with E-state index in [1.54, 1.807) is 0 Å². The highest BCUT2D eigenvalue weighted by atomic mass is 16.4. The van der Waals surface area contributed by atoms with Crippen LogP contribution in [0, 0.1) is 11.3 Å². The molecule has 1 saturated carbocycles. The van der Waals surface area contributed by atoms with Crippen molar-refractivity contribution in [2.75, 3.05) is 0 Å². The first-order valence-corrected chi connectivity index (χ1v) is 3.92. The first-order valence-electron chi connectivity index (χ1n) is 3.92. The molecule has 0 aliphatic heterocycles. The monoisotopic (exact) mass is 157 g/mol. The third-order valence-corrected chi connectivity index (χ3v) is 2.57. The summed E-state index contributed by atoms with van der Waals surface area (Å²) >= 11 is 0. The van der Waals surface area contributed by atoms with E-state index in [0.717, 1.165) is 6.42 Å². The number of rotatable bonds is 3. The van der Waals surface area contributed by atoms with Crippen molar-refractivity contribution in [3.63, 3.8) is 0 Å². The highest BCUT2D eigenvalue weighted by molar-refractivity contribution is 5.73. The van der Waals surface area contributed by atoms with E-state index < -0.39 is 12.0 Å². The van der Waals surface area contributed by atoms with Gasteiger partial charge in [-0.15, -0.1) is 0 Å². The standard InChI is InChI=1S/C8H15NO2/c1-8(2)4-5(8)3-6(9)7(10)11/h5-6H,3-4,9H2,1-2H3,(H,10,11). The fraction of sp³-hybridized carbons (Fsp3) is 0.875. The second-order valence-corrected chi connectivity index (χ2v) is 4.07. The van der Waals surface area contributed by atoms with Crippen LogP contribution in [0.5, 0.6) is 0 Å². The summed E-state index contributed by atoms with van der Waals surface area (Å²) in [6.07, 6.45) is 1.75. The number of carboxylic acids is 1. The number of hydrogen-bond donors (Lipinski definition) is 2. The Labute approximate surface area is 66.6 Å². The zero-order chi connectivity index (χ0) is 8.65. The Morgan fingerprint density at radius 3 is 2.55 bits per heavy atom. The van der Waals surface area contributed by atoms with E-state index in [9.17, 15) is 4.79 Å². The Morgan fingerprint density at radius 1 is 1.82 bits per heavy atom. The summed E-state index contributed by atoms with van der Waals surface area (Å²) in [5.41, 5.74) is 5.72. The highest BCUT2D eigenvalue weighted by Crippen LogP contribution is 2.53. The van der Waals surface area contributed by atoms with Crippen molar-refractivity contribution in [2.45, 2.75) is 32.7 Å². The molecule has 2 atom stereocenters. The van der Waals surface area contributed by atoms with Crippen LogP contribution in [0.25, 0.3) is 0 Å². The Bertz CT molecular complexity index is 177. The lowest BCUT2D eigenvalue weighted by Gasteiger charge is -2.06. The lowest BCUT2D eigenvalue weighted by atomic mass is 10.0. The first kappa shape index (κ1) is 8.53. The Kier molecular flexibility index (Phi) is 1.92. The van der Waals surface area contributed by atoms with Crippen molar-refractivity contribution in [3.8, 4) is 0 Å². The normalized spacial score (nSPS) is 29.5. The molecular formula is C8H15NO2. The highest BCUT2D eigenvalue weighted by Gasteiger charge is 2.46. The molecular weight excluding hydrogens is 142 g/mol. The molecule has 0 aromatic carbocycles. The summed E-state index contributed by atoms with van der Waals surface area (Å²) in [6, 6.07) is -0.665. The predicted octanol–water partition coefficient (Wildman–Crippen LogP) is 0.834. The minimum Gasteiger partial charge on any atom is -0.480 e. The molecule has 1 aliphatic rings. The van der Waals surface area contributed by atoms with Crippen LogP contribution in [0.4, 0.5) is 0 Å². The maximum absolute atomic E-state index is 10.3. The molecule has 0 amide bonds. The number of carbonyl (C=O) groups is 1. The minimum atomic E-state index is -0.882. The molecule has 0 heterocycles. The number of hydrogen-bond acceptors (Lipinski definition) is 2. The smallest absolute Gasteiger partial charge is 0.320 e. The molecule has 3 nitrogen and oxygen atoms in total. The van der Waals surface area contributed by atoms with Gasteiger partial charge in [0.05, 0.1) is 0 Å². The van der Waals surface area contributed by atoms with E-state index >= 15 is 0 Å². The van der Waals surface area contributed by atoms with Crippen molar-refractivity contribution in [1.82, 2.24) is 0 Å². The zero-order valence-electron chi connectivity index (χ0n) is 7.00. The average molecular weight is 157 g/mol. The fourth-order valence-electron chi connectivity index (χ4n) is 1.39. The zero-order valence-corrected chi connectivity index (χ0v) is 7.00. The van der Waals surface area contributed by atoms with E-state index in [0.29, 0.717) is 17.8 Å². The Morgan fingerprint density at radius 2 is 2.27 bits per heavy atom. The Hall–Kier alpha value is -0.570. The van der Waals surface area contributed by atoms with Crippen LogP contribution in [0.3, 0.4) is 0 Å². The molecule has 64 valence electrons. The SMILES string of the molecule is CC1(C)CC1CC(N)C(=O)O. The molecule has 0 aromatic rings. The van der Waals surface area contributed by atoms with Gasteiger partial charge in [0.25, 0.3) is 0 Å². The van der Waals surface area contributed by atoms with E-state index in [-0.39, 0.29) is 0 Å². The summed E-state index contributed by atoms with van der Waals surface area (Å²) in [4.78, 5) is 10.3. The van der Waals surface area contributed by atoms with Crippen LogP contribution in [-0.2, 0) is 4.79 Å². The van der Waals surface area contributed by atoms with Gasteiger partial charge in [0.15, 0.2) is 0 Å². The molecule has 0 saturated heterocycles. The summed E-state index contributed by atoms with van der Waals surface area (Å²) in [7, 11) is 0. The van der Waals surface area contributed by atoms with Crippen molar-refractivity contribution >= 4 is 5.97 Å². The van der Waals surface area contributed by atoms with Gasteiger partial charge in [-0.1, -0.05) is 13.8 Å². The molecule has 0 radical (unpaired) electrons. The molecule has 3 N–H and O–H groups in total. The molecule has 1 fully saturated rings. The number of carboxylic acid groups (broad SMARTS) is 1. The van der Waals surface area contributed by atoms with Gasteiger partial charge in [-0.2, -0.15) is 0 Å². The van der Waals surface area contributed by atoms with E-state index in [1.807, 2.05) is 0 Å². The van der Waals surface area contributed by atoms with Gasteiger partial charge in [0, 0.05) is 0 Å². The minimum absolute atomic E-state index is 0.340. The van der Waals surface area contributed by atoms with Crippen LogP contribution < -0.4 is 5.73 Å². The van der Waals surface area contributed by atoms with Crippen LogP contribution in [0.1, 0.15) is 26.7 Å². The van der Waals surface area contributed by atoms with Gasteiger partial charge < -0.3 is 10.8 Å². The molecule has 3 heteroatoms. The van der Waals surface area contributed by atoms with E-state index in [4.69, 9.17) is 10.8 Å². The lowest BCUT2D eigenvalue weighted by Crippen LogP contribution is -2.30. The van der Waals surface area contributed by atoms with Gasteiger partial charge in [0.2, 0.25) is 0 Å². The molecule has 1 aliphatic carbocycles. The quantitative estimate of drug-likeness (QED) is 0.638. The maximum atomic E-state index is 10.3. The van der Waals surface area contributed by atoms with Crippen LogP contribution >= 0.6 is 0 Å². The molecule has 0 bridgehead atoms. The second-order valence-electron chi connectivity index (χ2n) is 4.07. The van der Waals surface area contributed by atoms with Gasteiger partial charge in [-0.3, -0.25) is 4.79 Å². The average Bonchev–Trinajstić information content (AvgIpc) is 2.39. The largest absolute Gasteiger partial charge is 0.480 e. The summed E-state index contributed by atoms with van der Waals surface area (Å²) < 4.78 is 0. The third kappa shape index (κ3) is 1.93. The fourth-order valence-corrected chi connectivity index (χ4v) is 1.39. The summed E-state index contributed by atoms with van der Waals surface area (Å²) in [5.74, 6) is -0.360.